The molecule has 1 rings (SSSR count). The molecule has 0 amide bonds. The van der Waals surface area contributed by atoms with Gasteiger partial charge in [-0.05, 0) is 22.9 Å². The second kappa shape index (κ2) is 5.93. The fourth-order valence-corrected chi connectivity index (χ4v) is 1.15. The summed E-state index contributed by atoms with van der Waals surface area (Å²) in [7, 11) is 1.95. The molecule has 0 unspecified atom stereocenters. The van der Waals surface area contributed by atoms with Crippen LogP contribution < -0.4 is 4.90 Å². The van der Waals surface area contributed by atoms with Crippen molar-refractivity contribution in [2.24, 2.45) is 0 Å². The summed E-state index contributed by atoms with van der Waals surface area (Å²) >= 11 is 3.29. The number of likely N-dealkylation sites (N-methyl/N-ethyl adjacent to an activating group) is 1. The first-order valence-electron chi connectivity index (χ1n) is 4.50. The maximum atomic E-state index is 5.24. The molecule has 1 aromatic rings. The number of aromatic nitrogens is 2. The van der Waals surface area contributed by atoms with Crippen LogP contribution in [0.15, 0.2) is 16.9 Å². The Balaban J connectivity index is 2.43. The Hall–Kier alpha value is -0.680. The van der Waals surface area contributed by atoms with Gasteiger partial charge in [0.05, 0.1) is 11.1 Å². The first-order valence-corrected chi connectivity index (χ1v) is 5.29. The maximum absolute atomic E-state index is 5.24. The van der Waals surface area contributed by atoms with Gasteiger partial charge in [-0.15, -0.1) is 0 Å². The van der Waals surface area contributed by atoms with E-state index in [1.54, 1.807) is 12.4 Å². The standard InChI is InChI=1S/C9H14BrN3O/c1-3-14-5-4-13(2)9-11-6-8(10)7-12-9/h6-7H,3-5H2,1-2H3. The summed E-state index contributed by atoms with van der Waals surface area (Å²) in [6.07, 6.45) is 3.47. The van der Waals surface area contributed by atoms with Crippen LogP contribution >= 0.6 is 15.9 Å². The molecule has 0 aliphatic heterocycles. The van der Waals surface area contributed by atoms with Crippen LogP contribution in [0.4, 0.5) is 5.95 Å². The lowest BCUT2D eigenvalue weighted by Gasteiger charge is -2.16. The fourth-order valence-electron chi connectivity index (χ4n) is 0.948. The van der Waals surface area contributed by atoms with Crippen LogP contribution in [0, 0.1) is 0 Å². The summed E-state index contributed by atoms with van der Waals surface area (Å²) < 4.78 is 6.13. The van der Waals surface area contributed by atoms with Crippen molar-refractivity contribution in [3.63, 3.8) is 0 Å². The zero-order valence-corrected chi connectivity index (χ0v) is 9.99. The van der Waals surface area contributed by atoms with Gasteiger partial charge in [0.25, 0.3) is 0 Å². The molecule has 0 atom stereocenters. The Morgan fingerprint density at radius 2 is 2.07 bits per heavy atom. The first kappa shape index (κ1) is 11.4. The molecule has 78 valence electrons. The monoisotopic (exact) mass is 259 g/mol. The second-order valence-corrected chi connectivity index (χ2v) is 3.74. The Morgan fingerprint density at radius 3 is 2.64 bits per heavy atom. The highest BCUT2D eigenvalue weighted by atomic mass is 79.9. The van der Waals surface area contributed by atoms with E-state index in [9.17, 15) is 0 Å². The quantitative estimate of drug-likeness (QED) is 0.755. The van der Waals surface area contributed by atoms with Gasteiger partial charge in [0.15, 0.2) is 0 Å². The normalized spacial score (nSPS) is 10.2. The van der Waals surface area contributed by atoms with Crippen LogP contribution in [0.1, 0.15) is 6.92 Å². The summed E-state index contributed by atoms with van der Waals surface area (Å²) in [5.41, 5.74) is 0. The van der Waals surface area contributed by atoms with Gasteiger partial charge in [-0.25, -0.2) is 9.97 Å². The fraction of sp³-hybridized carbons (Fsp3) is 0.556. The number of halogens is 1. The minimum atomic E-state index is 0.701. The minimum absolute atomic E-state index is 0.701. The van der Waals surface area contributed by atoms with E-state index < -0.39 is 0 Å². The summed E-state index contributed by atoms with van der Waals surface area (Å²) in [5.74, 6) is 0.716. The molecule has 0 fully saturated rings. The molecule has 0 aromatic carbocycles. The third kappa shape index (κ3) is 3.59. The molecule has 1 aromatic heterocycles. The highest BCUT2D eigenvalue weighted by Crippen LogP contribution is 2.09. The van der Waals surface area contributed by atoms with Gasteiger partial charge in [0.1, 0.15) is 0 Å². The number of rotatable bonds is 5. The molecule has 5 heteroatoms. The molecule has 0 saturated heterocycles. The topological polar surface area (TPSA) is 38.2 Å². The zero-order chi connectivity index (χ0) is 10.4. The van der Waals surface area contributed by atoms with Crippen molar-refractivity contribution in [2.75, 3.05) is 31.7 Å². The lowest BCUT2D eigenvalue weighted by molar-refractivity contribution is 0.154. The Bertz CT molecular complexity index is 265. The van der Waals surface area contributed by atoms with E-state index >= 15 is 0 Å². The number of nitrogens with zero attached hydrogens (tertiary/aromatic N) is 3. The van der Waals surface area contributed by atoms with Gasteiger partial charge < -0.3 is 9.64 Å². The first-order chi connectivity index (χ1) is 6.74. The number of ether oxygens (including phenoxy) is 1. The van der Waals surface area contributed by atoms with E-state index in [2.05, 4.69) is 25.9 Å². The van der Waals surface area contributed by atoms with Gasteiger partial charge in [0.2, 0.25) is 5.95 Å². The van der Waals surface area contributed by atoms with E-state index in [0.717, 1.165) is 17.6 Å². The summed E-state index contributed by atoms with van der Waals surface area (Å²) in [6, 6.07) is 0. The minimum Gasteiger partial charge on any atom is -0.380 e. The van der Waals surface area contributed by atoms with Crippen LogP contribution in [0.3, 0.4) is 0 Å². The molecular weight excluding hydrogens is 246 g/mol. The van der Waals surface area contributed by atoms with Crippen molar-refractivity contribution < 1.29 is 4.74 Å². The molecule has 4 nitrogen and oxygen atoms in total. The SMILES string of the molecule is CCOCCN(C)c1ncc(Br)cn1. The third-order valence-electron chi connectivity index (χ3n) is 1.72. The molecule has 14 heavy (non-hydrogen) atoms. The molecule has 0 radical (unpaired) electrons. The van der Waals surface area contributed by atoms with Crippen LogP contribution in [0.5, 0.6) is 0 Å². The summed E-state index contributed by atoms with van der Waals surface area (Å²) in [4.78, 5) is 10.3. The second-order valence-electron chi connectivity index (χ2n) is 2.82. The smallest absolute Gasteiger partial charge is 0.225 e. The van der Waals surface area contributed by atoms with Crippen molar-refractivity contribution in [3.05, 3.63) is 16.9 Å². The number of hydrogen-bond donors (Lipinski definition) is 0. The lowest BCUT2D eigenvalue weighted by Crippen LogP contribution is -2.24. The number of hydrogen-bond acceptors (Lipinski definition) is 4. The van der Waals surface area contributed by atoms with E-state index in [1.807, 2.05) is 18.9 Å². The van der Waals surface area contributed by atoms with Crippen LogP contribution in [-0.4, -0.2) is 36.8 Å². The average molecular weight is 260 g/mol. The predicted molar refractivity (Wildman–Crippen MR) is 59.5 cm³/mol. The van der Waals surface area contributed by atoms with Gasteiger partial charge in [-0.1, -0.05) is 0 Å². The third-order valence-corrected chi connectivity index (χ3v) is 2.13. The molecule has 1 heterocycles. The van der Waals surface area contributed by atoms with Crippen molar-refractivity contribution in [2.45, 2.75) is 6.92 Å². The summed E-state index contributed by atoms with van der Waals surface area (Å²) in [6.45, 7) is 4.23. The Morgan fingerprint density at radius 1 is 1.43 bits per heavy atom. The van der Waals surface area contributed by atoms with E-state index in [1.165, 1.54) is 0 Å². The highest BCUT2D eigenvalue weighted by molar-refractivity contribution is 9.10. The van der Waals surface area contributed by atoms with Crippen LogP contribution in [0.25, 0.3) is 0 Å². The summed E-state index contributed by atoms with van der Waals surface area (Å²) in [5, 5.41) is 0. The average Bonchev–Trinajstić information content (AvgIpc) is 2.19. The zero-order valence-electron chi connectivity index (χ0n) is 8.40. The van der Waals surface area contributed by atoms with E-state index in [4.69, 9.17) is 4.74 Å². The van der Waals surface area contributed by atoms with E-state index in [0.29, 0.717) is 12.6 Å². The molecule has 0 spiro atoms. The number of anilines is 1. The Kier molecular flexibility index (Phi) is 4.82. The van der Waals surface area contributed by atoms with E-state index in [-0.39, 0.29) is 0 Å². The van der Waals surface area contributed by atoms with Crippen molar-refractivity contribution >= 4 is 21.9 Å². The van der Waals surface area contributed by atoms with Crippen LogP contribution in [-0.2, 0) is 4.74 Å². The van der Waals surface area contributed by atoms with Gasteiger partial charge >= 0.3 is 0 Å². The molecule has 0 saturated carbocycles. The van der Waals surface area contributed by atoms with Gasteiger partial charge in [-0.2, -0.15) is 0 Å². The molecular formula is C9H14BrN3O. The van der Waals surface area contributed by atoms with Gasteiger partial charge in [-0.3, -0.25) is 0 Å². The van der Waals surface area contributed by atoms with Crippen LogP contribution in [0.2, 0.25) is 0 Å². The van der Waals surface area contributed by atoms with Crippen molar-refractivity contribution in [1.82, 2.24) is 9.97 Å². The van der Waals surface area contributed by atoms with Crippen molar-refractivity contribution in [1.29, 1.82) is 0 Å². The molecule has 0 aliphatic carbocycles. The lowest BCUT2D eigenvalue weighted by atomic mass is 10.6. The maximum Gasteiger partial charge on any atom is 0.225 e. The van der Waals surface area contributed by atoms with Gasteiger partial charge in [0, 0.05) is 32.6 Å². The molecule has 0 N–H and O–H groups in total. The molecule has 0 aliphatic rings. The molecule has 0 bridgehead atoms. The largest absolute Gasteiger partial charge is 0.380 e. The highest BCUT2D eigenvalue weighted by Gasteiger charge is 2.02. The Labute approximate surface area is 92.4 Å². The predicted octanol–water partition coefficient (Wildman–Crippen LogP) is 1.71. The van der Waals surface area contributed by atoms with Crippen molar-refractivity contribution in [3.8, 4) is 0 Å².